The van der Waals surface area contributed by atoms with E-state index in [1.165, 1.54) is 12.1 Å². The molecule has 2 aromatic carbocycles. The number of benzene rings is 2. The normalized spacial score (nSPS) is 12.6. The van der Waals surface area contributed by atoms with Crippen molar-refractivity contribution < 1.29 is 13.6 Å². The number of aromatic nitrogens is 2. The molecule has 1 saturated heterocycles. The number of piperazine rings is 1. The van der Waals surface area contributed by atoms with Gasteiger partial charge in [-0.3, -0.25) is 9.97 Å². The quantitative estimate of drug-likeness (QED) is 0.347. The minimum Gasteiger partial charge on any atom is -0.368 e. The molecule has 0 saturated carbocycles. The molecule has 1 fully saturated rings. The topological polar surface area (TPSA) is 49.3 Å². The van der Waals surface area contributed by atoms with Crippen LogP contribution in [0.25, 0.3) is 17.0 Å². The average Bonchev–Trinajstić information content (AvgIpc) is 2.96. The summed E-state index contributed by atoms with van der Waals surface area (Å²) in [6.45, 7) is 22.6. The summed E-state index contributed by atoms with van der Waals surface area (Å²) in [5.41, 5.74) is 6.03. The zero-order valence-electron chi connectivity index (χ0n) is 22.4. The second kappa shape index (κ2) is 15.3. The lowest BCUT2D eigenvalue weighted by Gasteiger charge is -2.38. The third kappa shape index (κ3) is 8.34. The van der Waals surface area contributed by atoms with Crippen molar-refractivity contribution in [3.05, 3.63) is 97.5 Å². The number of halogens is 2. The van der Waals surface area contributed by atoms with E-state index < -0.39 is 5.92 Å². The SMILES string of the molecule is C=C.C=C(c1cc(C)ccc1-c1cnccn1)N1CCN(c2ccc(C(C)(F)F)cc2)CC1.C=O.CC. The summed E-state index contributed by atoms with van der Waals surface area (Å²) in [6, 6.07) is 12.9. The number of carbonyl (C=O) groups is 1. The van der Waals surface area contributed by atoms with Crippen LogP contribution in [0.4, 0.5) is 14.5 Å². The molecule has 7 heteroatoms. The Kier molecular flexibility index (Phi) is 12.9. The van der Waals surface area contributed by atoms with Gasteiger partial charge in [-0.25, -0.2) is 8.78 Å². The molecular weight excluding hydrogens is 470 g/mol. The Morgan fingerprint density at radius 2 is 1.54 bits per heavy atom. The maximum Gasteiger partial charge on any atom is 0.270 e. The highest BCUT2D eigenvalue weighted by Gasteiger charge is 2.25. The molecule has 1 aromatic heterocycles. The molecule has 198 valence electrons. The lowest BCUT2D eigenvalue weighted by molar-refractivity contribution is -0.0980. The van der Waals surface area contributed by atoms with E-state index in [0.29, 0.717) is 0 Å². The second-order valence-electron chi connectivity index (χ2n) is 8.00. The van der Waals surface area contributed by atoms with Gasteiger partial charge in [0, 0.05) is 73.6 Å². The minimum absolute atomic E-state index is 0.0410. The zero-order chi connectivity index (χ0) is 28.0. The predicted octanol–water partition coefficient (Wildman–Crippen LogP) is 7.00. The fourth-order valence-corrected chi connectivity index (χ4v) is 3.93. The van der Waals surface area contributed by atoms with Crippen molar-refractivity contribution in [2.45, 2.75) is 33.6 Å². The van der Waals surface area contributed by atoms with Crippen molar-refractivity contribution in [3.8, 4) is 11.3 Å². The maximum absolute atomic E-state index is 13.5. The van der Waals surface area contributed by atoms with Gasteiger partial charge >= 0.3 is 0 Å². The van der Waals surface area contributed by atoms with Gasteiger partial charge in [0.2, 0.25) is 0 Å². The van der Waals surface area contributed by atoms with Crippen LogP contribution in [0.15, 0.2) is 80.8 Å². The number of alkyl halides is 2. The van der Waals surface area contributed by atoms with E-state index in [1.54, 1.807) is 30.7 Å². The predicted molar refractivity (Wildman–Crippen MR) is 151 cm³/mol. The van der Waals surface area contributed by atoms with E-state index in [4.69, 9.17) is 4.79 Å². The number of aryl methyl sites for hydroxylation is 1. The van der Waals surface area contributed by atoms with Gasteiger partial charge in [0.15, 0.2) is 0 Å². The highest BCUT2D eigenvalue weighted by Crippen LogP contribution is 2.32. The first kappa shape index (κ1) is 31.2. The summed E-state index contributed by atoms with van der Waals surface area (Å²) in [6.07, 6.45) is 5.13. The zero-order valence-corrected chi connectivity index (χ0v) is 22.4. The van der Waals surface area contributed by atoms with Gasteiger partial charge in [0.05, 0.1) is 11.9 Å². The van der Waals surface area contributed by atoms with Crippen LogP contribution >= 0.6 is 0 Å². The molecule has 0 bridgehead atoms. The van der Waals surface area contributed by atoms with Crippen LogP contribution in [-0.4, -0.2) is 47.8 Å². The molecule has 1 aliphatic rings. The molecule has 0 amide bonds. The molecule has 3 aromatic rings. The summed E-state index contributed by atoms with van der Waals surface area (Å²) < 4.78 is 27.0. The third-order valence-corrected chi connectivity index (χ3v) is 5.73. The molecule has 0 radical (unpaired) electrons. The Hall–Kier alpha value is -3.87. The lowest BCUT2D eigenvalue weighted by atomic mass is 9.99. The minimum atomic E-state index is -2.82. The average molecular weight is 509 g/mol. The largest absolute Gasteiger partial charge is 0.368 e. The van der Waals surface area contributed by atoms with Gasteiger partial charge in [0.25, 0.3) is 5.92 Å². The van der Waals surface area contributed by atoms with E-state index in [9.17, 15) is 8.78 Å². The van der Waals surface area contributed by atoms with Crippen molar-refractivity contribution in [3.63, 3.8) is 0 Å². The number of rotatable bonds is 5. The van der Waals surface area contributed by atoms with Crippen LogP contribution in [0.5, 0.6) is 0 Å². The van der Waals surface area contributed by atoms with Gasteiger partial charge in [-0.15, -0.1) is 13.2 Å². The standard InChI is InChI=1S/C25H26F2N4.C2H6.C2H4.CH2O/c1-18-4-9-22(24-17-28-10-11-29-24)23(16-18)19(2)30-12-14-31(15-13-30)21-7-5-20(6-8-21)25(3,26)27;3*1-2/h4-11,16-17H,2,12-15H2,1,3H3;1-2H3;1-2H2;1H2. The van der Waals surface area contributed by atoms with Gasteiger partial charge in [-0.2, -0.15) is 0 Å². The highest BCUT2D eigenvalue weighted by molar-refractivity contribution is 5.78. The number of anilines is 1. The third-order valence-electron chi connectivity index (χ3n) is 5.73. The van der Waals surface area contributed by atoms with Gasteiger partial charge in [0.1, 0.15) is 6.79 Å². The van der Waals surface area contributed by atoms with E-state index in [-0.39, 0.29) is 5.56 Å². The van der Waals surface area contributed by atoms with Crippen LogP contribution in [0.3, 0.4) is 0 Å². The van der Waals surface area contributed by atoms with Gasteiger partial charge in [-0.05, 0) is 25.1 Å². The summed E-state index contributed by atoms with van der Waals surface area (Å²) in [5, 5.41) is 0. The number of hydrogen-bond acceptors (Lipinski definition) is 5. The lowest BCUT2D eigenvalue weighted by Crippen LogP contribution is -2.45. The molecule has 2 heterocycles. The Morgan fingerprint density at radius 3 is 2.05 bits per heavy atom. The van der Waals surface area contributed by atoms with Crippen LogP contribution in [0.1, 0.15) is 37.5 Å². The number of carbonyl (C=O) groups excluding carboxylic acids is 1. The molecule has 1 aliphatic heterocycles. The van der Waals surface area contributed by atoms with Crippen molar-refractivity contribution in [2.75, 3.05) is 31.1 Å². The molecule has 0 atom stereocenters. The summed E-state index contributed by atoms with van der Waals surface area (Å²) in [4.78, 5) is 21.2. The maximum atomic E-state index is 13.5. The fraction of sp³-hybridized carbons (Fsp3) is 0.300. The van der Waals surface area contributed by atoms with E-state index in [2.05, 4.69) is 64.6 Å². The number of nitrogens with zero attached hydrogens (tertiary/aromatic N) is 4. The Bertz CT molecular complexity index is 1090. The monoisotopic (exact) mass is 508 g/mol. The van der Waals surface area contributed by atoms with Gasteiger partial charge < -0.3 is 14.6 Å². The van der Waals surface area contributed by atoms with E-state index in [1.807, 2.05) is 20.6 Å². The smallest absolute Gasteiger partial charge is 0.270 e. The Balaban J connectivity index is 0.00000106. The first-order chi connectivity index (χ1) is 17.8. The van der Waals surface area contributed by atoms with Crippen molar-refractivity contribution in [1.29, 1.82) is 0 Å². The molecule has 4 rings (SSSR count). The van der Waals surface area contributed by atoms with Crippen LogP contribution in [-0.2, 0) is 10.7 Å². The first-order valence-electron chi connectivity index (χ1n) is 12.2. The molecule has 0 spiro atoms. The first-order valence-corrected chi connectivity index (χ1v) is 12.2. The molecule has 37 heavy (non-hydrogen) atoms. The van der Waals surface area contributed by atoms with Crippen molar-refractivity contribution in [1.82, 2.24) is 14.9 Å². The molecular formula is C30H38F2N4O. The van der Waals surface area contributed by atoms with Crippen LogP contribution in [0.2, 0.25) is 0 Å². The van der Waals surface area contributed by atoms with Crippen LogP contribution < -0.4 is 4.90 Å². The van der Waals surface area contributed by atoms with E-state index >= 15 is 0 Å². The number of hydrogen-bond donors (Lipinski definition) is 0. The summed E-state index contributed by atoms with van der Waals surface area (Å²) in [5.74, 6) is -2.82. The summed E-state index contributed by atoms with van der Waals surface area (Å²) >= 11 is 0. The molecule has 0 N–H and O–H groups in total. The van der Waals surface area contributed by atoms with Crippen LogP contribution in [0, 0.1) is 6.92 Å². The fourth-order valence-electron chi connectivity index (χ4n) is 3.93. The second-order valence-corrected chi connectivity index (χ2v) is 8.00. The van der Waals surface area contributed by atoms with Gasteiger partial charge in [-0.1, -0.05) is 50.3 Å². The van der Waals surface area contributed by atoms with E-state index in [0.717, 1.165) is 66.9 Å². The Morgan fingerprint density at radius 1 is 0.946 bits per heavy atom. The van der Waals surface area contributed by atoms with Crippen molar-refractivity contribution >= 4 is 18.2 Å². The molecule has 0 unspecified atom stereocenters. The molecule has 5 nitrogen and oxygen atoms in total. The van der Waals surface area contributed by atoms with Crippen molar-refractivity contribution in [2.24, 2.45) is 0 Å². The summed E-state index contributed by atoms with van der Waals surface area (Å²) in [7, 11) is 0. The molecule has 0 aliphatic carbocycles. The Labute approximate surface area is 220 Å². The highest BCUT2D eigenvalue weighted by atomic mass is 19.3.